The van der Waals surface area contributed by atoms with Gasteiger partial charge in [-0.2, -0.15) is 5.10 Å². The first-order chi connectivity index (χ1) is 8.60. The van der Waals surface area contributed by atoms with Crippen molar-refractivity contribution in [1.82, 2.24) is 14.7 Å². The van der Waals surface area contributed by atoms with Gasteiger partial charge in [-0.1, -0.05) is 6.92 Å². The zero-order valence-corrected chi connectivity index (χ0v) is 11.1. The zero-order valence-electron chi connectivity index (χ0n) is 11.1. The summed E-state index contributed by atoms with van der Waals surface area (Å²) in [5, 5.41) is 13.3. The summed E-state index contributed by atoms with van der Waals surface area (Å²) in [5.41, 5.74) is 2.27. The second kappa shape index (κ2) is 5.52. The number of hydrogen-bond donors (Lipinski definition) is 1. The number of hydrogen-bond acceptors (Lipinski definition) is 3. The van der Waals surface area contributed by atoms with Crippen LogP contribution >= 0.6 is 0 Å². The number of nitrogens with zero attached hydrogens (tertiary/aromatic N) is 3. The fraction of sp³-hybridized carbons (Fsp3) is 0.692. The Morgan fingerprint density at radius 1 is 1.61 bits per heavy atom. The van der Waals surface area contributed by atoms with Crippen LogP contribution in [0.1, 0.15) is 37.6 Å². The molecule has 1 saturated heterocycles. The van der Waals surface area contributed by atoms with E-state index in [1.54, 1.807) is 0 Å². The number of likely N-dealkylation sites (tertiary alicyclic amines) is 1. The van der Waals surface area contributed by atoms with Gasteiger partial charge in [-0.15, -0.1) is 0 Å². The fourth-order valence-electron chi connectivity index (χ4n) is 2.64. The third-order valence-corrected chi connectivity index (χ3v) is 3.66. The number of carboxylic acids is 1. The number of aliphatic carboxylic acids is 1. The van der Waals surface area contributed by atoms with Gasteiger partial charge in [0.2, 0.25) is 0 Å². The second-order valence-corrected chi connectivity index (χ2v) is 4.97. The Bertz CT molecular complexity index is 428. The minimum atomic E-state index is -0.703. The molecule has 100 valence electrons. The third kappa shape index (κ3) is 2.90. The highest BCUT2D eigenvalue weighted by molar-refractivity contribution is 5.67. The molecule has 1 aromatic heterocycles. The normalized spacial score (nSPS) is 20.4. The topological polar surface area (TPSA) is 58.4 Å². The summed E-state index contributed by atoms with van der Waals surface area (Å²) in [7, 11) is 1.96. The summed E-state index contributed by atoms with van der Waals surface area (Å²) in [6.45, 7) is 3.89. The van der Waals surface area contributed by atoms with E-state index in [0.717, 1.165) is 38.0 Å². The minimum absolute atomic E-state index is 0.183. The van der Waals surface area contributed by atoms with Crippen LogP contribution in [0.15, 0.2) is 6.07 Å². The molecule has 1 unspecified atom stereocenters. The van der Waals surface area contributed by atoms with E-state index in [-0.39, 0.29) is 12.5 Å². The van der Waals surface area contributed by atoms with Crippen molar-refractivity contribution in [2.75, 3.05) is 6.54 Å². The van der Waals surface area contributed by atoms with Crippen LogP contribution in [0.3, 0.4) is 0 Å². The molecule has 1 atom stereocenters. The van der Waals surface area contributed by atoms with Crippen molar-refractivity contribution >= 4 is 5.97 Å². The van der Waals surface area contributed by atoms with Crippen LogP contribution in [0.4, 0.5) is 0 Å². The number of aryl methyl sites for hydroxylation is 2. The van der Waals surface area contributed by atoms with Gasteiger partial charge in [0.1, 0.15) is 0 Å². The molecule has 1 aliphatic heterocycles. The van der Waals surface area contributed by atoms with E-state index in [1.165, 1.54) is 5.69 Å². The SMILES string of the molecule is CCc1cc(CN2CCCC2CC(=O)O)n(C)n1. The van der Waals surface area contributed by atoms with E-state index >= 15 is 0 Å². The molecule has 18 heavy (non-hydrogen) atoms. The van der Waals surface area contributed by atoms with Crippen LogP contribution < -0.4 is 0 Å². The van der Waals surface area contributed by atoms with Crippen molar-refractivity contribution in [3.63, 3.8) is 0 Å². The van der Waals surface area contributed by atoms with E-state index in [9.17, 15) is 4.79 Å². The lowest BCUT2D eigenvalue weighted by Crippen LogP contribution is -2.31. The maximum Gasteiger partial charge on any atom is 0.304 e. The van der Waals surface area contributed by atoms with Gasteiger partial charge < -0.3 is 5.11 Å². The first-order valence-corrected chi connectivity index (χ1v) is 6.57. The van der Waals surface area contributed by atoms with Gasteiger partial charge in [0.25, 0.3) is 0 Å². The highest BCUT2D eigenvalue weighted by atomic mass is 16.4. The molecule has 5 nitrogen and oxygen atoms in total. The summed E-state index contributed by atoms with van der Waals surface area (Å²) in [6.07, 6.45) is 3.27. The lowest BCUT2D eigenvalue weighted by atomic mass is 10.1. The minimum Gasteiger partial charge on any atom is -0.481 e. The van der Waals surface area contributed by atoms with Crippen LogP contribution in [0.5, 0.6) is 0 Å². The molecule has 2 rings (SSSR count). The molecule has 0 aromatic carbocycles. The van der Waals surface area contributed by atoms with Crippen molar-refractivity contribution in [2.24, 2.45) is 7.05 Å². The molecule has 0 saturated carbocycles. The third-order valence-electron chi connectivity index (χ3n) is 3.66. The maximum absolute atomic E-state index is 10.8. The molecule has 1 N–H and O–H groups in total. The van der Waals surface area contributed by atoms with E-state index in [0.29, 0.717) is 0 Å². The highest BCUT2D eigenvalue weighted by Crippen LogP contribution is 2.22. The molecule has 1 fully saturated rings. The van der Waals surface area contributed by atoms with Crippen molar-refractivity contribution in [3.8, 4) is 0 Å². The molecular formula is C13H21N3O2. The quantitative estimate of drug-likeness (QED) is 0.860. The molecule has 1 aliphatic rings. The average molecular weight is 251 g/mol. The Labute approximate surface area is 107 Å². The highest BCUT2D eigenvalue weighted by Gasteiger charge is 2.27. The summed E-state index contributed by atoms with van der Waals surface area (Å²) in [4.78, 5) is 13.1. The fourth-order valence-corrected chi connectivity index (χ4v) is 2.64. The molecule has 0 aliphatic carbocycles. The van der Waals surface area contributed by atoms with Crippen molar-refractivity contribution < 1.29 is 9.90 Å². The van der Waals surface area contributed by atoms with Gasteiger partial charge in [-0.25, -0.2) is 0 Å². The van der Waals surface area contributed by atoms with Crippen LogP contribution in [0.25, 0.3) is 0 Å². The van der Waals surface area contributed by atoms with Crippen molar-refractivity contribution in [1.29, 1.82) is 0 Å². The van der Waals surface area contributed by atoms with Gasteiger partial charge in [0.05, 0.1) is 17.8 Å². The average Bonchev–Trinajstić information content (AvgIpc) is 2.87. The largest absolute Gasteiger partial charge is 0.481 e. The molecule has 2 heterocycles. The summed E-state index contributed by atoms with van der Waals surface area (Å²) in [6, 6.07) is 2.30. The van der Waals surface area contributed by atoms with E-state index in [2.05, 4.69) is 23.0 Å². The monoisotopic (exact) mass is 251 g/mol. The lowest BCUT2D eigenvalue weighted by Gasteiger charge is -2.22. The Kier molecular flexibility index (Phi) is 4.01. The summed E-state index contributed by atoms with van der Waals surface area (Å²) in [5.74, 6) is -0.703. The van der Waals surface area contributed by atoms with Gasteiger partial charge in [-0.05, 0) is 31.9 Å². The van der Waals surface area contributed by atoms with Gasteiger partial charge in [-0.3, -0.25) is 14.4 Å². The molecule has 0 radical (unpaired) electrons. The van der Waals surface area contributed by atoms with E-state index < -0.39 is 5.97 Å². The van der Waals surface area contributed by atoms with E-state index in [4.69, 9.17) is 5.11 Å². The summed E-state index contributed by atoms with van der Waals surface area (Å²) >= 11 is 0. The number of carboxylic acid groups (broad SMARTS) is 1. The maximum atomic E-state index is 10.8. The van der Waals surface area contributed by atoms with Crippen LogP contribution in [-0.4, -0.2) is 38.3 Å². The zero-order chi connectivity index (χ0) is 13.1. The molecule has 0 amide bonds. The van der Waals surface area contributed by atoms with E-state index in [1.807, 2.05) is 11.7 Å². The number of carbonyl (C=O) groups is 1. The summed E-state index contributed by atoms with van der Waals surface area (Å²) < 4.78 is 1.91. The Hall–Kier alpha value is -1.36. The molecule has 0 bridgehead atoms. The van der Waals surface area contributed by atoms with Crippen LogP contribution in [0, 0.1) is 0 Å². The predicted molar refractivity (Wildman–Crippen MR) is 68.3 cm³/mol. The Balaban J connectivity index is 2.03. The Morgan fingerprint density at radius 2 is 2.39 bits per heavy atom. The lowest BCUT2D eigenvalue weighted by molar-refractivity contribution is -0.138. The molecule has 1 aromatic rings. The molecular weight excluding hydrogens is 230 g/mol. The van der Waals surface area contributed by atoms with Gasteiger partial charge in [0, 0.05) is 19.6 Å². The van der Waals surface area contributed by atoms with Crippen molar-refractivity contribution in [3.05, 3.63) is 17.5 Å². The van der Waals surface area contributed by atoms with Crippen molar-refractivity contribution in [2.45, 2.75) is 45.2 Å². The van der Waals surface area contributed by atoms with Gasteiger partial charge >= 0.3 is 5.97 Å². The molecule has 5 heteroatoms. The number of aromatic nitrogens is 2. The Morgan fingerprint density at radius 3 is 3.00 bits per heavy atom. The van der Waals surface area contributed by atoms with Gasteiger partial charge in [0.15, 0.2) is 0 Å². The smallest absolute Gasteiger partial charge is 0.304 e. The standard InChI is InChI=1S/C13H21N3O2/c1-3-10-7-12(15(2)14-10)9-16-6-4-5-11(16)8-13(17)18/h7,11H,3-6,8-9H2,1-2H3,(H,17,18). The predicted octanol–water partition coefficient (Wildman–Crippen LogP) is 1.42. The van der Waals surface area contributed by atoms with Crippen LogP contribution in [0.2, 0.25) is 0 Å². The van der Waals surface area contributed by atoms with Crippen LogP contribution in [-0.2, 0) is 24.8 Å². The first kappa shape index (κ1) is 13.1. The molecule has 0 spiro atoms. The first-order valence-electron chi connectivity index (χ1n) is 6.57. The number of rotatable bonds is 5. The second-order valence-electron chi connectivity index (χ2n) is 4.97.